The van der Waals surface area contributed by atoms with Crippen LogP contribution in [0, 0.1) is 0 Å². The average molecular weight is 500 g/mol. The van der Waals surface area contributed by atoms with Gasteiger partial charge in [-0.1, -0.05) is 32.9 Å². The van der Waals surface area contributed by atoms with Crippen molar-refractivity contribution in [3.63, 3.8) is 0 Å². The number of rotatable bonds is 10. The van der Waals surface area contributed by atoms with Crippen LogP contribution in [0.15, 0.2) is 72.9 Å². The van der Waals surface area contributed by atoms with E-state index in [9.17, 15) is 0 Å². The lowest BCUT2D eigenvalue weighted by molar-refractivity contribution is 0.268. The molecule has 0 fully saturated rings. The minimum Gasteiger partial charge on any atom is -0.493 e. The minimum absolute atomic E-state index is 0.138. The van der Waals surface area contributed by atoms with Gasteiger partial charge in [-0.25, -0.2) is 0 Å². The Balaban J connectivity index is 1.47. The Bertz CT molecular complexity index is 1310. The lowest BCUT2D eigenvalue weighted by Crippen LogP contribution is -2.15. The summed E-state index contributed by atoms with van der Waals surface area (Å²) in [6.45, 7) is 8.23. The second-order valence-corrected chi connectivity index (χ2v) is 10.4. The van der Waals surface area contributed by atoms with Crippen molar-refractivity contribution in [2.24, 2.45) is 0 Å². The Morgan fingerprint density at radius 1 is 0.838 bits per heavy atom. The molecule has 0 saturated carbocycles. The zero-order chi connectivity index (χ0) is 26.4. The van der Waals surface area contributed by atoms with E-state index in [0.717, 1.165) is 41.0 Å². The van der Waals surface area contributed by atoms with E-state index in [-0.39, 0.29) is 5.41 Å². The molecule has 0 spiro atoms. The summed E-state index contributed by atoms with van der Waals surface area (Å²) in [6.07, 6.45) is 2.68. The number of pyridine rings is 1. The number of nitrogens with zero attached hydrogens (tertiary/aromatic N) is 2. The smallest absolute Gasteiger partial charge is 0.163 e. The number of benzene rings is 3. The van der Waals surface area contributed by atoms with Crippen LogP contribution in [0.5, 0.6) is 23.0 Å². The first-order valence-corrected chi connectivity index (χ1v) is 12.6. The highest BCUT2D eigenvalue weighted by Gasteiger charge is 2.14. The van der Waals surface area contributed by atoms with Gasteiger partial charge in [-0.3, -0.25) is 4.98 Å². The molecule has 6 heteroatoms. The third-order valence-electron chi connectivity index (χ3n) is 6.12. The fraction of sp³-hybridized carbons (Fsp3) is 0.323. The topological polar surface area (TPSA) is 55.9 Å². The summed E-state index contributed by atoms with van der Waals surface area (Å²) >= 11 is 0. The molecule has 4 rings (SSSR count). The van der Waals surface area contributed by atoms with E-state index in [1.54, 1.807) is 13.3 Å². The van der Waals surface area contributed by atoms with Crippen LogP contribution in [-0.2, 0) is 5.41 Å². The molecule has 1 N–H and O–H groups in total. The molecule has 0 amide bonds. The van der Waals surface area contributed by atoms with Gasteiger partial charge >= 0.3 is 0 Å². The molecule has 1 aromatic heterocycles. The molecule has 4 aromatic rings. The van der Waals surface area contributed by atoms with E-state index in [0.29, 0.717) is 23.9 Å². The number of hydrogen-bond donors (Lipinski definition) is 1. The molecular weight excluding hydrogens is 462 g/mol. The molecule has 0 aliphatic heterocycles. The summed E-state index contributed by atoms with van der Waals surface area (Å²) in [5.74, 6) is 2.79. The van der Waals surface area contributed by atoms with E-state index in [4.69, 9.17) is 14.2 Å². The minimum atomic E-state index is 0.138. The molecule has 0 radical (unpaired) electrons. The highest BCUT2D eigenvalue weighted by molar-refractivity contribution is 5.88. The number of fused-ring (bicyclic) bond motifs is 1. The van der Waals surface area contributed by atoms with Crippen LogP contribution in [0.25, 0.3) is 10.9 Å². The Labute approximate surface area is 220 Å². The molecule has 0 saturated heterocycles. The maximum atomic E-state index is 6.24. The van der Waals surface area contributed by atoms with Gasteiger partial charge in [0.25, 0.3) is 0 Å². The van der Waals surface area contributed by atoms with Crippen molar-refractivity contribution in [1.29, 1.82) is 0 Å². The van der Waals surface area contributed by atoms with Crippen molar-refractivity contribution in [3.05, 3.63) is 78.5 Å². The van der Waals surface area contributed by atoms with Crippen LogP contribution < -0.4 is 19.5 Å². The Hall–Kier alpha value is -3.77. The van der Waals surface area contributed by atoms with E-state index in [1.807, 2.05) is 42.5 Å². The molecule has 6 nitrogen and oxygen atoms in total. The normalized spacial score (nSPS) is 11.5. The van der Waals surface area contributed by atoms with Crippen LogP contribution in [0.4, 0.5) is 11.4 Å². The quantitative estimate of drug-likeness (QED) is 0.229. The maximum Gasteiger partial charge on any atom is 0.163 e. The summed E-state index contributed by atoms with van der Waals surface area (Å²) < 4.78 is 17.8. The largest absolute Gasteiger partial charge is 0.493 e. The van der Waals surface area contributed by atoms with Gasteiger partial charge in [0.2, 0.25) is 0 Å². The second-order valence-electron chi connectivity index (χ2n) is 10.4. The Kier molecular flexibility index (Phi) is 8.19. The van der Waals surface area contributed by atoms with E-state index >= 15 is 0 Å². The molecule has 37 heavy (non-hydrogen) atoms. The Morgan fingerprint density at radius 3 is 2.14 bits per heavy atom. The lowest BCUT2D eigenvalue weighted by atomic mass is 9.87. The predicted molar refractivity (Wildman–Crippen MR) is 152 cm³/mol. The summed E-state index contributed by atoms with van der Waals surface area (Å²) in [6, 6.07) is 22.2. The number of aromatic nitrogens is 1. The Morgan fingerprint density at radius 2 is 1.51 bits per heavy atom. The van der Waals surface area contributed by atoms with E-state index in [2.05, 4.69) is 74.3 Å². The van der Waals surface area contributed by atoms with Crippen molar-refractivity contribution in [1.82, 2.24) is 9.88 Å². The molecule has 0 unspecified atom stereocenters. The van der Waals surface area contributed by atoms with Gasteiger partial charge < -0.3 is 24.4 Å². The van der Waals surface area contributed by atoms with Crippen molar-refractivity contribution < 1.29 is 14.2 Å². The van der Waals surface area contributed by atoms with Crippen LogP contribution in [0.1, 0.15) is 32.8 Å². The van der Waals surface area contributed by atoms with Gasteiger partial charge in [-0.2, -0.15) is 0 Å². The van der Waals surface area contributed by atoms with E-state index in [1.165, 1.54) is 5.56 Å². The molecule has 0 bridgehead atoms. The van der Waals surface area contributed by atoms with Crippen LogP contribution in [0.2, 0.25) is 0 Å². The lowest BCUT2D eigenvalue weighted by Gasteiger charge is -2.19. The predicted octanol–water partition coefficient (Wildman–Crippen LogP) is 7.41. The van der Waals surface area contributed by atoms with Crippen molar-refractivity contribution in [2.45, 2.75) is 32.6 Å². The molecule has 0 aliphatic rings. The molecule has 1 heterocycles. The van der Waals surface area contributed by atoms with Gasteiger partial charge in [0, 0.05) is 35.6 Å². The molecular formula is C31H37N3O3. The fourth-order valence-electron chi connectivity index (χ4n) is 4.01. The van der Waals surface area contributed by atoms with Gasteiger partial charge in [0.05, 0.1) is 19.2 Å². The zero-order valence-electron chi connectivity index (χ0n) is 22.7. The van der Waals surface area contributed by atoms with Gasteiger partial charge in [0.15, 0.2) is 11.5 Å². The number of methoxy groups -OCH3 is 1. The SMILES string of the molecule is COc1cc2c(Oc3ccc(Nc4ccc(C(C)(C)C)cc4)cc3)ccnc2cc1OCCCN(C)C. The van der Waals surface area contributed by atoms with Crippen molar-refractivity contribution in [2.75, 3.05) is 39.7 Å². The number of ether oxygens (including phenoxy) is 3. The highest BCUT2D eigenvalue weighted by atomic mass is 16.5. The average Bonchev–Trinajstić information content (AvgIpc) is 2.87. The van der Waals surface area contributed by atoms with Crippen LogP contribution in [-0.4, -0.2) is 44.2 Å². The third-order valence-corrected chi connectivity index (χ3v) is 6.12. The summed E-state index contributed by atoms with van der Waals surface area (Å²) in [5, 5.41) is 4.32. The van der Waals surface area contributed by atoms with E-state index < -0.39 is 0 Å². The molecule has 3 aromatic carbocycles. The first-order valence-electron chi connectivity index (χ1n) is 12.6. The molecule has 0 atom stereocenters. The maximum absolute atomic E-state index is 6.24. The first-order chi connectivity index (χ1) is 17.7. The first kappa shape index (κ1) is 26.3. The standard InChI is InChI=1S/C31H37N3O3/c1-31(2,3)22-8-10-23(11-9-22)33-24-12-14-25(15-13-24)37-28-16-17-32-27-21-30(29(35-6)20-26(27)28)36-19-7-18-34(4)5/h8-17,20-21,33H,7,18-19H2,1-6H3. The van der Waals surface area contributed by atoms with Crippen molar-refractivity contribution >= 4 is 22.3 Å². The fourth-order valence-corrected chi connectivity index (χ4v) is 4.01. The van der Waals surface area contributed by atoms with Gasteiger partial charge in [-0.15, -0.1) is 0 Å². The van der Waals surface area contributed by atoms with Gasteiger partial charge in [-0.05, 0) is 80.0 Å². The summed E-state index contributed by atoms with van der Waals surface area (Å²) in [4.78, 5) is 6.66. The number of hydrogen-bond acceptors (Lipinski definition) is 6. The second kappa shape index (κ2) is 11.5. The van der Waals surface area contributed by atoms with Gasteiger partial charge in [0.1, 0.15) is 11.5 Å². The zero-order valence-corrected chi connectivity index (χ0v) is 22.7. The summed E-state index contributed by atoms with van der Waals surface area (Å²) in [5.41, 5.74) is 4.28. The molecule has 0 aliphatic carbocycles. The molecule has 194 valence electrons. The summed E-state index contributed by atoms with van der Waals surface area (Å²) in [7, 11) is 5.75. The third kappa shape index (κ3) is 6.92. The number of anilines is 2. The van der Waals surface area contributed by atoms with Crippen LogP contribution in [0.3, 0.4) is 0 Å². The number of nitrogens with one attached hydrogen (secondary N) is 1. The highest BCUT2D eigenvalue weighted by Crippen LogP contribution is 2.37. The van der Waals surface area contributed by atoms with Crippen molar-refractivity contribution in [3.8, 4) is 23.0 Å². The monoisotopic (exact) mass is 499 g/mol. The van der Waals surface area contributed by atoms with Crippen LogP contribution >= 0.6 is 0 Å².